The van der Waals surface area contributed by atoms with Crippen LogP contribution in [0.5, 0.6) is 0 Å². The molecule has 14 heavy (non-hydrogen) atoms. The summed E-state index contributed by atoms with van der Waals surface area (Å²) in [5.41, 5.74) is 1.13. The summed E-state index contributed by atoms with van der Waals surface area (Å²) in [6.45, 7) is 1.27. The fourth-order valence-corrected chi connectivity index (χ4v) is 1.40. The monoisotopic (exact) mass is 194 g/mol. The third kappa shape index (κ3) is 3.36. The summed E-state index contributed by atoms with van der Waals surface area (Å²) in [7, 11) is 3.82. The van der Waals surface area contributed by atoms with Crippen molar-refractivity contribution in [3.8, 4) is 0 Å². The lowest BCUT2D eigenvalue weighted by molar-refractivity contribution is 0.181. The van der Waals surface area contributed by atoms with Gasteiger partial charge in [0.1, 0.15) is 0 Å². The fourth-order valence-electron chi connectivity index (χ4n) is 1.40. The molecule has 0 fully saturated rings. The van der Waals surface area contributed by atoms with Crippen molar-refractivity contribution < 1.29 is 5.11 Å². The van der Waals surface area contributed by atoms with Crippen molar-refractivity contribution in [3.05, 3.63) is 30.3 Å². The maximum Gasteiger partial charge on any atom is 0.0838 e. The molecule has 0 saturated heterocycles. The van der Waals surface area contributed by atoms with Crippen LogP contribution in [0.15, 0.2) is 30.3 Å². The minimum absolute atomic E-state index is 0.329. The zero-order valence-corrected chi connectivity index (χ0v) is 8.77. The van der Waals surface area contributed by atoms with Crippen LogP contribution < -0.4 is 10.2 Å². The van der Waals surface area contributed by atoms with Gasteiger partial charge in [-0.15, -0.1) is 0 Å². The number of hydrogen-bond acceptors (Lipinski definition) is 3. The lowest BCUT2D eigenvalue weighted by atomic mass is 10.2. The number of hydrogen-bond donors (Lipinski definition) is 2. The van der Waals surface area contributed by atoms with E-state index in [4.69, 9.17) is 0 Å². The SMILES string of the molecule is CNCC(O)CN(C)c1ccccc1. The van der Waals surface area contributed by atoms with Gasteiger partial charge in [-0.25, -0.2) is 0 Å². The minimum Gasteiger partial charge on any atom is -0.390 e. The Morgan fingerprint density at radius 3 is 2.57 bits per heavy atom. The molecule has 3 heteroatoms. The maximum atomic E-state index is 9.58. The van der Waals surface area contributed by atoms with Gasteiger partial charge < -0.3 is 15.3 Å². The molecule has 0 radical (unpaired) electrons. The first kappa shape index (κ1) is 11.0. The molecule has 0 aromatic heterocycles. The van der Waals surface area contributed by atoms with Gasteiger partial charge in [0, 0.05) is 25.8 Å². The summed E-state index contributed by atoms with van der Waals surface area (Å²) in [5, 5.41) is 12.5. The summed E-state index contributed by atoms with van der Waals surface area (Å²) in [6.07, 6.45) is -0.329. The molecule has 0 bridgehead atoms. The van der Waals surface area contributed by atoms with Crippen LogP contribution in [0.2, 0.25) is 0 Å². The molecule has 3 nitrogen and oxygen atoms in total. The molecule has 1 aromatic rings. The lowest BCUT2D eigenvalue weighted by Crippen LogP contribution is -2.35. The van der Waals surface area contributed by atoms with Crippen molar-refractivity contribution in [1.29, 1.82) is 0 Å². The van der Waals surface area contributed by atoms with Crippen molar-refractivity contribution in [2.45, 2.75) is 6.10 Å². The highest BCUT2D eigenvalue weighted by molar-refractivity contribution is 5.45. The number of aliphatic hydroxyl groups is 1. The van der Waals surface area contributed by atoms with Crippen LogP contribution in [0.1, 0.15) is 0 Å². The van der Waals surface area contributed by atoms with Crippen LogP contribution in [-0.2, 0) is 0 Å². The van der Waals surface area contributed by atoms with Gasteiger partial charge in [-0.3, -0.25) is 0 Å². The van der Waals surface area contributed by atoms with Crippen molar-refractivity contribution in [3.63, 3.8) is 0 Å². The van der Waals surface area contributed by atoms with Crippen LogP contribution in [0.4, 0.5) is 5.69 Å². The van der Waals surface area contributed by atoms with Gasteiger partial charge in [0.05, 0.1) is 6.10 Å². The second-order valence-electron chi connectivity index (χ2n) is 3.43. The lowest BCUT2D eigenvalue weighted by Gasteiger charge is -2.22. The van der Waals surface area contributed by atoms with Crippen LogP contribution in [0, 0.1) is 0 Å². The predicted octanol–water partition coefficient (Wildman–Crippen LogP) is 0.703. The molecular formula is C11H18N2O. The summed E-state index contributed by atoms with van der Waals surface area (Å²) >= 11 is 0. The molecule has 2 N–H and O–H groups in total. The summed E-state index contributed by atoms with van der Waals surface area (Å²) in [5.74, 6) is 0. The van der Waals surface area contributed by atoms with E-state index in [1.165, 1.54) is 0 Å². The number of likely N-dealkylation sites (N-methyl/N-ethyl adjacent to an activating group) is 2. The van der Waals surface area contributed by atoms with E-state index >= 15 is 0 Å². The molecule has 78 valence electrons. The van der Waals surface area contributed by atoms with E-state index in [0.717, 1.165) is 5.69 Å². The van der Waals surface area contributed by atoms with E-state index in [2.05, 4.69) is 5.32 Å². The normalized spacial score (nSPS) is 12.5. The minimum atomic E-state index is -0.329. The number of aliphatic hydroxyl groups excluding tert-OH is 1. The maximum absolute atomic E-state index is 9.58. The van der Waals surface area contributed by atoms with Crippen molar-refractivity contribution in [1.82, 2.24) is 5.32 Å². The third-order valence-electron chi connectivity index (χ3n) is 2.12. The number of nitrogens with zero attached hydrogens (tertiary/aromatic N) is 1. The zero-order chi connectivity index (χ0) is 10.4. The molecule has 1 unspecified atom stereocenters. The standard InChI is InChI=1S/C11H18N2O/c1-12-8-11(14)9-13(2)10-6-4-3-5-7-10/h3-7,11-12,14H,8-9H2,1-2H3. The Balaban J connectivity index is 2.46. The molecule has 1 rings (SSSR count). The van der Waals surface area contributed by atoms with Gasteiger partial charge in [0.25, 0.3) is 0 Å². The molecule has 0 aliphatic rings. The van der Waals surface area contributed by atoms with Crippen LogP contribution in [-0.4, -0.2) is 38.4 Å². The molecule has 0 heterocycles. The topological polar surface area (TPSA) is 35.5 Å². The van der Waals surface area contributed by atoms with Crippen LogP contribution >= 0.6 is 0 Å². The largest absolute Gasteiger partial charge is 0.390 e. The predicted molar refractivity (Wildman–Crippen MR) is 59.6 cm³/mol. The second kappa shape index (κ2) is 5.62. The Morgan fingerprint density at radius 1 is 1.36 bits per heavy atom. The number of rotatable bonds is 5. The van der Waals surface area contributed by atoms with E-state index in [-0.39, 0.29) is 6.10 Å². The summed E-state index contributed by atoms with van der Waals surface area (Å²) in [4.78, 5) is 2.04. The second-order valence-corrected chi connectivity index (χ2v) is 3.43. The van der Waals surface area contributed by atoms with Gasteiger partial charge in [-0.2, -0.15) is 0 Å². The van der Waals surface area contributed by atoms with Crippen LogP contribution in [0.3, 0.4) is 0 Å². The van der Waals surface area contributed by atoms with Crippen molar-refractivity contribution in [2.75, 3.05) is 32.1 Å². The van der Waals surface area contributed by atoms with Crippen LogP contribution in [0.25, 0.3) is 0 Å². The Bertz CT molecular complexity index is 251. The van der Waals surface area contributed by atoms with Gasteiger partial charge >= 0.3 is 0 Å². The van der Waals surface area contributed by atoms with Crippen molar-refractivity contribution in [2.24, 2.45) is 0 Å². The summed E-state index contributed by atoms with van der Waals surface area (Å²) < 4.78 is 0. The molecule has 1 aromatic carbocycles. The Labute approximate surface area is 85.4 Å². The summed E-state index contributed by atoms with van der Waals surface area (Å²) in [6, 6.07) is 10.0. The third-order valence-corrected chi connectivity index (χ3v) is 2.12. The van der Waals surface area contributed by atoms with Gasteiger partial charge in [0.2, 0.25) is 0 Å². The average molecular weight is 194 g/mol. The van der Waals surface area contributed by atoms with E-state index in [0.29, 0.717) is 13.1 Å². The Hall–Kier alpha value is -1.06. The first-order chi connectivity index (χ1) is 6.74. The quantitative estimate of drug-likeness (QED) is 0.724. The van der Waals surface area contributed by atoms with E-state index in [1.54, 1.807) is 0 Å². The van der Waals surface area contributed by atoms with Gasteiger partial charge in [-0.1, -0.05) is 18.2 Å². The van der Waals surface area contributed by atoms with Gasteiger partial charge in [-0.05, 0) is 19.2 Å². The highest BCUT2D eigenvalue weighted by Gasteiger charge is 2.06. The molecule has 0 spiro atoms. The highest BCUT2D eigenvalue weighted by Crippen LogP contribution is 2.10. The smallest absolute Gasteiger partial charge is 0.0838 e. The molecule has 1 atom stereocenters. The number of nitrogens with one attached hydrogen (secondary N) is 1. The van der Waals surface area contributed by atoms with E-state index < -0.39 is 0 Å². The van der Waals surface area contributed by atoms with Gasteiger partial charge in [0.15, 0.2) is 0 Å². The molecular weight excluding hydrogens is 176 g/mol. The number of para-hydroxylation sites is 1. The molecule has 0 aliphatic carbocycles. The van der Waals surface area contributed by atoms with E-state index in [9.17, 15) is 5.11 Å². The zero-order valence-electron chi connectivity index (χ0n) is 8.77. The molecule has 0 aliphatic heterocycles. The number of anilines is 1. The van der Waals surface area contributed by atoms with Crippen molar-refractivity contribution >= 4 is 5.69 Å². The Morgan fingerprint density at radius 2 is 2.00 bits per heavy atom. The number of benzene rings is 1. The fraction of sp³-hybridized carbons (Fsp3) is 0.455. The van der Waals surface area contributed by atoms with E-state index in [1.807, 2.05) is 49.3 Å². The first-order valence-corrected chi connectivity index (χ1v) is 4.83. The highest BCUT2D eigenvalue weighted by atomic mass is 16.3. The molecule has 0 amide bonds. The average Bonchev–Trinajstić information content (AvgIpc) is 2.19. The Kier molecular flexibility index (Phi) is 4.43. The molecule has 0 saturated carbocycles. The first-order valence-electron chi connectivity index (χ1n) is 4.83.